The Morgan fingerprint density at radius 3 is 2.61 bits per heavy atom. The van der Waals surface area contributed by atoms with Gasteiger partial charge in [-0.3, -0.25) is 4.79 Å². The predicted molar refractivity (Wildman–Crippen MR) is 108 cm³/mol. The van der Waals surface area contributed by atoms with Gasteiger partial charge >= 0.3 is 5.97 Å². The predicted octanol–water partition coefficient (Wildman–Crippen LogP) is 3.83. The van der Waals surface area contributed by atoms with Gasteiger partial charge in [0.25, 0.3) is 5.91 Å². The van der Waals surface area contributed by atoms with Crippen molar-refractivity contribution in [1.29, 1.82) is 0 Å². The molecule has 0 fully saturated rings. The molecule has 1 amide bonds. The van der Waals surface area contributed by atoms with Crippen LogP contribution in [0.4, 0.5) is 5.69 Å². The van der Waals surface area contributed by atoms with Gasteiger partial charge in [0.2, 0.25) is 0 Å². The number of para-hydroxylation sites is 3. The number of fused-ring (bicyclic) bond motifs is 1. The number of amides is 1. The van der Waals surface area contributed by atoms with Gasteiger partial charge in [-0.05, 0) is 37.3 Å². The lowest BCUT2D eigenvalue weighted by atomic mass is 10.2. The summed E-state index contributed by atoms with van der Waals surface area (Å²) in [5.74, 6) is -0.552. The molecule has 0 spiro atoms. The lowest BCUT2D eigenvalue weighted by Gasteiger charge is -2.14. The number of methoxy groups -OCH3 is 1. The van der Waals surface area contributed by atoms with Crippen LogP contribution in [0.1, 0.15) is 12.6 Å². The van der Waals surface area contributed by atoms with E-state index in [-0.39, 0.29) is 0 Å². The van der Waals surface area contributed by atoms with Crippen molar-refractivity contribution >= 4 is 34.5 Å². The van der Waals surface area contributed by atoms with Gasteiger partial charge in [0.1, 0.15) is 5.75 Å². The molecule has 0 aliphatic rings. The fourth-order valence-corrected chi connectivity index (χ4v) is 2.58. The minimum atomic E-state index is -0.966. The first-order valence-corrected chi connectivity index (χ1v) is 8.75. The molecular weight excluding hydrogens is 356 g/mol. The Morgan fingerprint density at radius 2 is 1.79 bits per heavy atom. The maximum Gasteiger partial charge on any atom is 0.331 e. The van der Waals surface area contributed by atoms with E-state index in [1.807, 2.05) is 36.4 Å². The molecule has 0 aliphatic carbocycles. The molecule has 28 heavy (non-hydrogen) atoms. The summed E-state index contributed by atoms with van der Waals surface area (Å²) in [7, 11) is 1.51. The number of pyridine rings is 1. The highest BCUT2D eigenvalue weighted by Gasteiger charge is 2.18. The van der Waals surface area contributed by atoms with Crippen molar-refractivity contribution in [3.8, 4) is 5.75 Å². The van der Waals surface area contributed by atoms with Crippen LogP contribution in [-0.2, 0) is 14.3 Å². The maximum absolute atomic E-state index is 12.3. The molecule has 0 bridgehead atoms. The Labute approximate surface area is 162 Å². The highest BCUT2D eigenvalue weighted by molar-refractivity contribution is 5.97. The average Bonchev–Trinajstić information content (AvgIpc) is 2.72. The molecule has 1 unspecified atom stereocenters. The van der Waals surface area contributed by atoms with Crippen LogP contribution in [0.15, 0.2) is 66.7 Å². The number of benzene rings is 2. The first kappa shape index (κ1) is 19.1. The molecule has 142 valence electrons. The quantitative estimate of drug-likeness (QED) is 0.523. The Hall–Kier alpha value is -3.67. The molecule has 0 saturated heterocycles. The minimum absolute atomic E-state index is 0.449. The summed E-state index contributed by atoms with van der Waals surface area (Å²) in [5, 5.41) is 3.70. The van der Waals surface area contributed by atoms with Crippen LogP contribution in [0.25, 0.3) is 17.0 Å². The molecule has 3 aromatic rings. The molecule has 1 aromatic heterocycles. The molecule has 1 heterocycles. The van der Waals surface area contributed by atoms with E-state index in [9.17, 15) is 9.59 Å². The number of hydrogen-bond acceptors (Lipinski definition) is 5. The van der Waals surface area contributed by atoms with E-state index in [0.717, 1.165) is 10.9 Å². The smallest absolute Gasteiger partial charge is 0.331 e. The molecule has 0 saturated carbocycles. The van der Waals surface area contributed by atoms with Gasteiger partial charge in [0.15, 0.2) is 6.10 Å². The summed E-state index contributed by atoms with van der Waals surface area (Å²) >= 11 is 0. The number of anilines is 1. The number of aromatic nitrogens is 1. The maximum atomic E-state index is 12.3. The van der Waals surface area contributed by atoms with E-state index in [4.69, 9.17) is 9.47 Å². The van der Waals surface area contributed by atoms with Crippen LogP contribution in [0.2, 0.25) is 0 Å². The van der Waals surface area contributed by atoms with Gasteiger partial charge in [0, 0.05) is 11.5 Å². The molecule has 3 rings (SSSR count). The monoisotopic (exact) mass is 376 g/mol. The van der Waals surface area contributed by atoms with Crippen molar-refractivity contribution in [2.24, 2.45) is 0 Å². The number of nitrogens with zero attached hydrogens (tertiary/aromatic N) is 1. The number of rotatable bonds is 6. The second-order valence-corrected chi connectivity index (χ2v) is 6.03. The lowest BCUT2D eigenvalue weighted by Crippen LogP contribution is -2.29. The van der Waals surface area contributed by atoms with Crippen LogP contribution in [0.5, 0.6) is 5.75 Å². The summed E-state index contributed by atoms with van der Waals surface area (Å²) in [6.45, 7) is 1.50. The van der Waals surface area contributed by atoms with Gasteiger partial charge in [-0.25, -0.2) is 9.78 Å². The van der Waals surface area contributed by atoms with Gasteiger partial charge in [-0.1, -0.05) is 36.4 Å². The summed E-state index contributed by atoms with van der Waals surface area (Å²) in [4.78, 5) is 28.7. The largest absolute Gasteiger partial charge is 0.495 e. The van der Waals surface area contributed by atoms with Crippen LogP contribution in [0, 0.1) is 0 Å². The van der Waals surface area contributed by atoms with E-state index < -0.39 is 18.0 Å². The van der Waals surface area contributed by atoms with Crippen molar-refractivity contribution in [3.05, 3.63) is 72.4 Å². The van der Waals surface area contributed by atoms with Gasteiger partial charge in [-0.2, -0.15) is 0 Å². The topological polar surface area (TPSA) is 77.5 Å². The molecule has 2 aromatic carbocycles. The number of carbonyl (C=O) groups excluding carboxylic acids is 2. The standard InChI is InChI=1S/C22H20N2O4/c1-15(22(26)24-19-9-5-6-10-20(19)27-2)28-21(25)14-13-17-12-11-16-7-3-4-8-18(16)23-17/h3-15H,1-2H3,(H,24,26). The first-order chi connectivity index (χ1) is 13.6. The van der Waals surface area contributed by atoms with E-state index in [0.29, 0.717) is 17.1 Å². The summed E-state index contributed by atoms with van der Waals surface area (Å²) < 4.78 is 10.3. The molecule has 6 heteroatoms. The zero-order valence-corrected chi connectivity index (χ0v) is 15.6. The fourth-order valence-electron chi connectivity index (χ4n) is 2.58. The normalized spacial score (nSPS) is 11.9. The third-order valence-electron chi connectivity index (χ3n) is 4.04. The number of carbonyl (C=O) groups is 2. The molecular formula is C22H20N2O4. The highest BCUT2D eigenvalue weighted by Crippen LogP contribution is 2.23. The van der Waals surface area contributed by atoms with Crippen LogP contribution in [0.3, 0.4) is 0 Å². The van der Waals surface area contributed by atoms with Crippen molar-refractivity contribution in [2.45, 2.75) is 13.0 Å². The summed E-state index contributed by atoms with van der Waals surface area (Å²) in [5.41, 5.74) is 1.97. The molecule has 0 radical (unpaired) electrons. The van der Waals surface area contributed by atoms with Gasteiger partial charge in [-0.15, -0.1) is 0 Å². The molecule has 6 nitrogen and oxygen atoms in total. The van der Waals surface area contributed by atoms with Crippen molar-refractivity contribution in [3.63, 3.8) is 0 Å². The zero-order valence-electron chi connectivity index (χ0n) is 15.6. The second kappa shape index (κ2) is 8.81. The first-order valence-electron chi connectivity index (χ1n) is 8.75. The zero-order chi connectivity index (χ0) is 19.9. The van der Waals surface area contributed by atoms with Crippen LogP contribution >= 0.6 is 0 Å². The SMILES string of the molecule is COc1ccccc1NC(=O)C(C)OC(=O)C=Cc1ccc2ccccc2n1. The molecule has 1 atom stereocenters. The Morgan fingerprint density at radius 1 is 1.04 bits per heavy atom. The summed E-state index contributed by atoms with van der Waals surface area (Å²) in [6.07, 6.45) is 1.84. The summed E-state index contributed by atoms with van der Waals surface area (Å²) in [6, 6.07) is 18.4. The van der Waals surface area contributed by atoms with Gasteiger partial charge < -0.3 is 14.8 Å². The molecule has 1 N–H and O–H groups in total. The Bertz CT molecular complexity index is 1030. The second-order valence-electron chi connectivity index (χ2n) is 6.03. The Balaban J connectivity index is 1.59. The molecule has 0 aliphatic heterocycles. The van der Waals surface area contributed by atoms with Crippen LogP contribution in [-0.4, -0.2) is 30.1 Å². The number of hydrogen-bond donors (Lipinski definition) is 1. The van der Waals surface area contributed by atoms with Crippen molar-refractivity contribution < 1.29 is 19.1 Å². The Kier molecular flexibility index (Phi) is 6.01. The number of esters is 1. The minimum Gasteiger partial charge on any atom is -0.495 e. The average molecular weight is 376 g/mol. The fraction of sp³-hybridized carbons (Fsp3) is 0.136. The lowest BCUT2D eigenvalue weighted by molar-refractivity contribution is -0.148. The number of ether oxygens (including phenoxy) is 2. The highest BCUT2D eigenvalue weighted by atomic mass is 16.5. The number of nitrogens with one attached hydrogen (secondary N) is 1. The third-order valence-corrected chi connectivity index (χ3v) is 4.04. The van der Waals surface area contributed by atoms with Crippen LogP contribution < -0.4 is 10.1 Å². The van der Waals surface area contributed by atoms with E-state index in [1.54, 1.807) is 30.3 Å². The van der Waals surface area contributed by atoms with E-state index in [2.05, 4.69) is 10.3 Å². The van der Waals surface area contributed by atoms with Crippen molar-refractivity contribution in [1.82, 2.24) is 4.98 Å². The van der Waals surface area contributed by atoms with E-state index in [1.165, 1.54) is 20.1 Å². The van der Waals surface area contributed by atoms with E-state index >= 15 is 0 Å². The van der Waals surface area contributed by atoms with Crippen molar-refractivity contribution in [2.75, 3.05) is 12.4 Å². The third kappa shape index (κ3) is 4.73. The van der Waals surface area contributed by atoms with Gasteiger partial charge in [0.05, 0.1) is 24.0 Å².